The predicted octanol–water partition coefficient (Wildman–Crippen LogP) is 4.79. The SMILES string of the molecule is COc1ccccc1NC(=O)c1cnc(Nc2ccc(Cl)c(Cl)c2)nc1. The number of nitrogens with one attached hydrogen (secondary N) is 2. The first kappa shape index (κ1) is 18.0. The second kappa shape index (κ2) is 8.03. The molecule has 0 bridgehead atoms. The van der Waals surface area contributed by atoms with E-state index in [4.69, 9.17) is 27.9 Å². The number of nitrogens with zero attached hydrogens (tertiary/aromatic N) is 2. The van der Waals surface area contributed by atoms with E-state index in [2.05, 4.69) is 20.6 Å². The number of methoxy groups -OCH3 is 1. The van der Waals surface area contributed by atoms with Crippen molar-refractivity contribution in [3.05, 3.63) is 70.5 Å². The molecule has 0 unspecified atom stereocenters. The summed E-state index contributed by atoms with van der Waals surface area (Å²) in [6, 6.07) is 12.2. The van der Waals surface area contributed by atoms with Gasteiger partial charge in [-0.1, -0.05) is 35.3 Å². The quantitative estimate of drug-likeness (QED) is 0.656. The van der Waals surface area contributed by atoms with Gasteiger partial charge in [0, 0.05) is 18.1 Å². The highest BCUT2D eigenvalue weighted by Gasteiger charge is 2.11. The van der Waals surface area contributed by atoms with E-state index in [1.165, 1.54) is 19.5 Å². The van der Waals surface area contributed by atoms with Gasteiger partial charge in [0.25, 0.3) is 5.91 Å². The Balaban J connectivity index is 1.70. The van der Waals surface area contributed by atoms with Crippen molar-refractivity contribution in [2.24, 2.45) is 0 Å². The normalized spacial score (nSPS) is 10.3. The number of halogens is 2. The third kappa shape index (κ3) is 4.22. The Morgan fingerprint density at radius 2 is 1.77 bits per heavy atom. The maximum absolute atomic E-state index is 12.3. The smallest absolute Gasteiger partial charge is 0.258 e. The van der Waals surface area contributed by atoms with Gasteiger partial charge in [-0.25, -0.2) is 9.97 Å². The molecule has 8 heteroatoms. The standard InChI is InChI=1S/C18H14Cl2N4O2/c1-26-16-5-3-2-4-15(16)24-17(25)11-9-21-18(22-10-11)23-12-6-7-13(19)14(20)8-12/h2-10H,1H3,(H,24,25)(H,21,22,23). The largest absolute Gasteiger partial charge is 0.495 e. The molecule has 3 aromatic rings. The van der Waals surface area contributed by atoms with E-state index in [0.29, 0.717) is 38.7 Å². The van der Waals surface area contributed by atoms with Crippen LogP contribution in [-0.4, -0.2) is 23.0 Å². The van der Waals surface area contributed by atoms with Gasteiger partial charge in [-0.2, -0.15) is 0 Å². The molecule has 0 aliphatic heterocycles. The molecule has 1 heterocycles. The van der Waals surface area contributed by atoms with Crippen molar-refractivity contribution in [1.82, 2.24) is 9.97 Å². The van der Waals surface area contributed by atoms with Gasteiger partial charge in [-0.15, -0.1) is 0 Å². The Morgan fingerprint density at radius 1 is 1.04 bits per heavy atom. The van der Waals surface area contributed by atoms with Crippen LogP contribution in [0.2, 0.25) is 10.0 Å². The van der Waals surface area contributed by atoms with Gasteiger partial charge in [0.15, 0.2) is 0 Å². The van der Waals surface area contributed by atoms with Crippen molar-refractivity contribution in [3.63, 3.8) is 0 Å². The molecule has 0 saturated carbocycles. The highest BCUT2D eigenvalue weighted by molar-refractivity contribution is 6.42. The zero-order valence-corrected chi connectivity index (χ0v) is 15.2. The van der Waals surface area contributed by atoms with E-state index in [-0.39, 0.29) is 5.91 Å². The summed E-state index contributed by atoms with van der Waals surface area (Å²) in [5.74, 6) is 0.562. The topological polar surface area (TPSA) is 76.1 Å². The molecule has 0 radical (unpaired) electrons. The summed E-state index contributed by atoms with van der Waals surface area (Å²) < 4.78 is 5.21. The van der Waals surface area contributed by atoms with Crippen LogP contribution in [-0.2, 0) is 0 Å². The minimum absolute atomic E-state index is 0.315. The monoisotopic (exact) mass is 388 g/mol. The summed E-state index contributed by atoms with van der Waals surface area (Å²) in [4.78, 5) is 20.6. The van der Waals surface area contributed by atoms with Crippen molar-refractivity contribution in [1.29, 1.82) is 0 Å². The first-order valence-electron chi connectivity index (χ1n) is 7.55. The Hall–Kier alpha value is -2.83. The summed E-state index contributed by atoms with van der Waals surface area (Å²) in [6.07, 6.45) is 2.86. The minimum Gasteiger partial charge on any atom is -0.495 e. The van der Waals surface area contributed by atoms with Crippen molar-refractivity contribution >= 4 is 46.4 Å². The van der Waals surface area contributed by atoms with Gasteiger partial charge < -0.3 is 15.4 Å². The van der Waals surface area contributed by atoms with Crippen LogP contribution < -0.4 is 15.4 Å². The fourth-order valence-corrected chi connectivity index (χ4v) is 2.45. The summed E-state index contributed by atoms with van der Waals surface area (Å²) in [5.41, 5.74) is 1.57. The van der Waals surface area contributed by atoms with Crippen LogP contribution >= 0.6 is 23.2 Å². The van der Waals surface area contributed by atoms with Gasteiger partial charge in [0.2, 0.25) is 5.95 Å². The predicted molar refractivity (Wildman–Crippen MR) is 103 cm³/mol. The molecule has 0 atom stereocenters. The van der Waals surface area contributed by atoms with Crippen molar-refractivity contribution in [2.75, 3.05) is 17.7 Å². The molecule has 1 aromatic heterocycles. The number of ether oxygens (including phenoxy) is 1. The molecule has 6 nitrogen and oxygen atoms in total. The first-order chi connectivity index (χ1) is 12.6. The molecule has 26 heavy (non-hydrogen) atoms. The molecular weight excluding hydrogens is 375 g/mol. The number of aromatic nitrogens is 2. The van der Waals surface area contributed by atoms with Gasteiger partial charge in [-0.05, 0) is 30.3 Å². The number of amides is 1. The van der Waals surface area contributed by atoms with Crippen LogP contribution in [0.15, 0.2) is 54.9 Å². The summed E-state index contributed by atoms with van der Waals surface area (Å²) in [7, 11) is 1.54. The van der Waals surface area contributed by atoms with Gasteiger partial charge in [0.05, 0.1) is 28.4 Å². The Morgan fingerprint density at radius 3 is 2.46 bits per heavy atom. The zero-order chi connectivity index (χ0) is 18.5. The third-order valence-corrected chi connectivity index (χ3v) is 4.18. The summed E-state index contributed by atoms with van der Waals surface area (Å²) >= 11 is 11.9. The number of para-hydroxylation sites is 2. The molecule has 1 amide bonds. The van der Waals surface area contributed by atoms with E-state index in [1.807, 2.05) is 6.07 Å². The number of hydrogen-bond acceptors (Lipinski definition) is 5. The van der Waals surface area contributed by atoms with Crippen molar-refractivity contribution in [3.8, 4) is 5.75 Å². The molecule has 0 aliphatic rings. The molecule has 3 rings (SSSR count). The van der Waals surface area contributed by atoms with E-state index in [0.717, 1.165) is 0 Å². The second-order valence-corrected chi connectivity index (χ2v) is 6.02. The van der Waals surface area contributed by atoms with E-state index < -0.39 is 0 Å². The van der Waals surface area contributed by atoms with Crippen LogP contribution in [0.25, 0.3) is 0 Å². The minimum atomic E-state index is -0.337. The average Bonchev–Trinajstić information content (AvgIpc) is 2.66. The Bertz CT molecular complexity index is 933. The van der Waals surface area contributed by atoms with Crippen molar-refractivity contribution in [2.45, 2.75) is 0 Å². The number of carbonyl (C=O) groups is 1. The lowest BCUT2D eigenvalue weighted by Crippen LogP contribution is -2.13. The molecule has 0 saturated heterocycles. The van der Waals surface area contributed by atoms with Gasteiger partial charge in [0.1, 0.15) is 5.75 Å². The molecule has 2 N–H and O–H groups in total. The number of rotatable bonds is 5. The highest BCUT2D eigenvalue weighted by Crippen LogP contribution is 2.26. The Kier molecular flexibility index (Phi) is 5.55. The third-order valence-electron chi connectivity index (χ3n) is 3.44. The van der Waals surface area contributed by atoms with E-state index >= 15 is 0 Å². The summed E-state index contributed by atoms with van der Waals surface area (Å²) in [6.45, 7) is 0. The molecular formula is C18H14Cl2N4O2. The first-order valence-corrected chi connectivity index (χ1v) is 8.31. The van der Waals surface area contributed by atoms with E-state index in [1.54, 1.807) is 36.4 Å². The van der Waals surface area contributed by atoms with Crippen LogP contribution in [0, 0.1) is 0 Å². The van der Waals surface area contributed by atoms with Crippen molar-refractivity contribution < 1.29 is 9.53 Å². The number of carbonyl (C=O) groups excluding carboxylic acids is 1. The average molecular weight is 389 g/mol. The van der Waals surface area contributed by atoms with Gasteiger partial charge in [-0.3, -0.25) is 4.79 Å². The zero-order valence-electron chi connectivity index (χ0n) is 13.7. The fraction of sp³-hybridized carbons (Fsp3) is 0.0556. The number of hydrogen-bond donors (Lipinski definition) is 2. The summed E-state index contributed by atoms with van der Waals surface area (Å²) in [5, 5.41) is 6.63. The maximum atomic E-state index is 12.3. The van der Waals surface area contributed by atoms with Gasteiger partial charge >= 0.3 is 0 Å². The lowest BCUT2D eigenvalue weighted by molar-refractivity contribution is 0.102. The lowest BCUT2D eigenvalue weighted by atomic mass is 10.2. The molecule has 2 aromatic carbocycles. The van der Waals surface area contributed by atoms with Crippen LogP contribution in [0.4, 0.5) is 17.3 Å². The molecule has 132 valence electrons. The highest BCUT2D eigenvalue weighted by atomic mass is 35.5. The maximum Gasteiger partial charge on any atom is 0.258 e. The Labute approximate surface area is 160 Å². The number of benzene rings is 2. The van der Waals surface area contributed by atoms with Crippen LogP contribution in [0.1, 0.15) is 10.4 Å². The number of anilines is 3. The fourth-order valence-electron chi connectivity index (χ4n) is 2.16. The van der Waals surface area contributed by atoms with E-state index in [9.17, 15) is 4.79 Å². The molecule has 0 aliphatic carbocycles. The lowest BCUT2D eigenvalue weighted by Gasteiger charge is -2.10. The molecule has 0 fully saturated rings. The second-order valence-electron chi connectivity index (χ2n) is 5.20. The van der Waals surface area contributed by atoms with Crippen LogP contribution in [0.5, 0.6) is 5.75 Å². The molecule has 0 spiro atoms. The van der Waals surface area contributed by atoms with Crippen LogP contribution in [0.3, 0.4) is 0 Å².